The molecular formula is C22H21F3N6O2. The van der Waals surface area contributed by atoms with Crippen molar-refractivity contribution in [3.05, 3.63) is 58.0 Å². The number of aromatic nitrogens is 3. The van der Waals surface area contributed by atoms with Gasteiger partial charge in [-0.3, -0.25) is 9.59 Å². The SMILES string of the molecule is Cc1ccc(C(=O)NCC(F)(F)F)cc1NC(=O)CCc1c(C)nc2c(C#N)cnn2c1C. The number of nitriles is 1. The molecule has 2 heterocycles. The van der Waals surface area contributed by atoms with Crippen LogP contribution in [0.1, 0.15) is 44.9 Å². The summed E-state index contributed by atoms with van der Waals surface area (Å²) in [6.45, 7) is 3.89. The molecule has 0 radical (unpaired) electrons. The van der Waals surface area contributed by atoms with E-state index in [1.165, 1.54) is 18.3 Å². The van der Waals surface area contributed by atoms with Crippen LogP contribution in [0.25, 0.3) is 5.65 Å². The number of amides is 2. The molecule has 0 aliphatic rings. The minimum absolute atomic E-state index is 0.00784. The Kier molecular flexibility index (Phi) is 6.67. The van der Waals surface area contributed by atoms with Crippen LogP contribution in [0.15, 0.2) is 24.4 Å². The lowest BCUT2D eigenvalue weighted by molar-refractivity contribution is -0.123. The summed E-state index contributed by atoms with van der Waals surface area (Å²) in [7, 11) is 0. The van der Waals surface area contributed by atoms with E-state index in [2.05, 4.69) is 15.4 Å². The minimum atomic E-state index is -4.52. The molecule has 172 valence electrons. The first kappa shape index (κ1) is 23.7. The zero-order valence-corrected chi connectivity index (χ0v) is 18.2. The van der Waals surface area contributed by atoms with Gasteiger partial charge in [0.1, 0.15) is 18.2 Å². The molecule has 3 rings (SSSR count). The predicted molar refractivity (Wildman–Crippen MR) is 114 cm³/mol. The number of benzene rings is 1. The molecule has 1 aromatic carbocycles. The van der Waals surface area contributed by atoms with Crippen LogP contribution in [0.4, 0.5) is 18.9 Å². The van der Waals surface area contributed by atoms with Gasteiger partial charge < -0.3 is 10.6 Å². The molecule has 0 fully saturated rings. The Balaban J connectivity index is 1.70. The number of nitrogens with zero attached hydrogens (tertiary/aromatic N) is 4. The summed E-state index contributed by atoms with van der Waals surface area (Å²) in [6.07, 6.45) is -2.62. The van der Waals surface area contributed by atoms with Crippen molar-refractivity contribution in [1.29, 1.82) is 5.26 Å². The standard InChI is InChI=1S/C22H21F3N6O2/c1-12-4-5-15(21(33)27-11-22(23,24)25)8-18(12)30-19(32)7-6-17-13(2)29-20-16(9-26)10-28-31(20)14(17)3/h4-5,8,10H,6-7,11H2,1-3H3,(H,27,33)(H,30,32). The van der Waals surface area contributed by atoms with E-state index in [-0.39, 0.29) is 17.9 Å². The number of carbonyl (C=O) groups is 2. The van der Waals surface area contributed by atoms with E-state index < -0.39 is 18.6 Å². The van der Waals surface area contributed by atoms with Crippen LogP contribution >= 0.6 is 0 Å². The van der Waals surface area contributed by atoms with Crippen molar-refractivity contribution in [3.63, 3.8) is 0 Å². The van der Waals surface area contributed by atoms with Crippen LogP contribution in [-0.4, -0.2) is 39.1 Å². The van der Waals surface area contributed by atoms with Gasteiger partial charge in [0.05, 0.1) is 6.20 Å². The summed E-state index contributed by atoms with van der Waals surface area (Å²) in [5, 5.41) is 17.9. The van der Waals surface area contributed by atoms with Gasteiger partial charge in [-0.15, -0.1) is 0 Å². The van der Waals surface area contributed by atoms with Crippen LogP contribution in [0.2, 0.25) is 0 Å². The van der Waals surface area contributed by atoms with E-state index in [9.17, 15) is 22.8 Å². The number of alkyl halides is 3. The Morgan fingerprint density at radius 2 is 1.94 bits per heavy atom. The van der Waals surface area contributed by atoms with Crippen LogP contribution in [-0.2, 0) is 11.2 Å². The molecule has 2 aromatic heterocycles. The number of hydrogen-bond acceptors (Lipinski definition) is 5. The fourth-order valence-corrected chi connectivity index (χ4v) is 3.38. The number of carbonyl (C=O) groups excluding carboxylic acids is 2. The van der Waals surface area contributed by atoms with E-state index in [1.54, 1.807) is 29.7 Å². The van der Waals surface area contributed by atoms with Gasteiger partial charge in [-0.2, -0.15) is 23.5 Å². The molecule has 0 saturated carbocycles. The lowest BCUT2D eigenvalue weighted by Crippen LogP contribution is -2.33. The zero-order chi connectivity index (χ0) is 24.3. The maximum atomic E-state index is 12.6. The molecule has 2 amide bonds. The summed E-state index contributed by atoms with van der Waals surface area (Å²) in [6, 6.07) is 6.33. The Bertz CT molecular complexity index is 1270. The van der Waals surface area contributed by atoms with Crippen LogP contribution < -0.4 is 10.6 Å². The Labute approximate surface area is 187 Å². The molecule has 0 aliphatic carbocycles. The first-order valence-corrected chi connectivity index (χ1v) is 9.99. The van der Waals surface area contributed by atoms with E-state index >= 15 is 0 Å². The Morgan fingerprint density at radius 1 is 1.21 bits per heavy atom. The van der Waals surface area contributed by atoms with Crippen molar-refractivity contribution in [3.8, 4) is 6.07 Å². The van der Waals surface area contributed by atoms with E-state index in [0.717, 1.165) is 11.3 Å². The van der Waals surface area contributed by atoms with Crippen molar-refractivity contribution >= 4 is 23.1 Å². The van der Waals surface area contributed by atoms with Gasteiger partial charge in [0.2, 0.25) is 5.91 Å². The van der Waals surface area contributed by atoms with Crippen LogP contribution in [0.5, 0.6) is 0 Å². The van der Waals surface area contributed by atoms with Crippen LogP contribution in [0, 0.1) is 32.1 Å². The predicted octanol–water partition coefficient (Wildman–Crippen LogP) is 3.39. The number of nitrogens with one attached hydrogen (secondary N) is 2. The van der Waals surface area contributed by atoms with Crippen molar-refractivity contribution in [2.75, 3.05) is 11.9 Å². The van der Waals surface area contributed by atoms with Crippen molar-refractivity contribution in [1.82, 2.24) is 19.9 Å². The molecule has 11 heteroatoms. The number of rotatable bonds is 6. The molecule has 2 N–H and O–H groups in total. The summed E-state index contributed by atoms with van der Waals surface area (Å²) >= 11 is 0. The molecule has 0 spiro atoms. The minimum Gasteiger partial charge on any atom is -0.343 e. The Hall–Kier alpha value is -3.94. The topological polar surface area (TPSA) is 112 Å². The highest BCUT2D eigenvalue weighted by Crippen LogP contribution is 2.21. The monoisotopic (exact) mass is 458 g/mol. The molecule has 0 unspecified atom stereocenters. The molecule has 8 nitrogen and oxygen atoms in total. The smallest absolute Gasteiger partial charge is 0.343 e. The molecule has 0 aliphatic heterocycles. The quantitative estimate of drug-likeness (QED) is 0.588. The Morgan fingerprint density at radius 3 is 2.61 bits per heavy atom. The average molecular weight is 458 g/mol. The first-order valence-electron chi connectivity index (χ1n) is 9.99. The second-order valence-corrected chi connectivity index (χ2v) is 7.54. The van der Waals surface area contributed by atoms with E-state index in [0.29, 0.717) is 34.6 Å². The molecule has 0 bridgehead atoms. The second-order valence-electron chi connectivity index (χ2n) is 7.54. The highest BCUT2D eigenvalue weighted by molar-refractivity contribution is 5.97. The summed E-state index contributed by atoms with van der Waals surface area (Å²) < 4.78 is 38.6. The lowest BCUT2D eigenvalue weighted by atomic mass is 10.1. The molecule has 3 aromatic rings. The van der Waals surface area contributed by atoms with Gasteiger partial charge >= 0.3 is 6.18 Å². The zero-order valence-electron chi connectivity index (χ0n) is 18.2. The maximum absolute atomic E-state index is 12.6. The van der Waals surface area contributed by atoms with Crippen molar-refractivity contribution in [2.45, 2.75) is 39.8 Å². The fraction of sp³-hybridized carbons (Fsp3) is 0.318. The maximum Gasteiger partial charge on any atom is 0.405 e. The number of halogens is 3. The number of aryl methyl sites for hydroxylation is 3. The largest absolute Gasteiger partial charge is 0.405 e. The third-order valence-corrected chi connectivity index (χ3v) is 5.15. The molecular weight excluding hydrogens is 437 g/mol. The fourth-order valence-electron chi connectivity index (χ4n) is 3.38. The molecule has 0 saturated heterocycles. The number of fused-ring (bicyclic) bond motifs is 1. The van der Waals surface area contributed by atoms with Gasteiger partial charge in [0, 0.05) is 29.1 Å². The highest BCUT2D eigenvalue weighted by atomic mass is 19.4. The van der Waals surface area contributed by atoms with Crippen molar-refractivity contribution in [2.24, 2.45) is 0 Å². The normalized spacial score (nSPS) is 11.3. The van der Waals surface area contributed by atoms with Crippen LogP contribution in [0.3, 0.4) is 0 Å². The van der Waals surface area contributed by atoms with Gasteiger partial charge in [0.25, 0.3) is 5.91 Å². The van der Waals surface area contributed by atoms with E-state index in [4.69, 9.17) is 5.26 Å². The average Bonchev–Trinajstić information content (AvgIpc) is 3.15. The number of anilines is 1. The number of hydrogen-bond donors (Lipinski definition) is 2. The second kappa shape index (κ2) is 9.28. The van der Waals surface area contributed by atoms with Gasteiger partial charge in [-0.1, -0.05) is 6.07 Å². The van der Waals surface area contributed by atoms with Gasteiger partial charge in [0.15, 0.2) is 5.65 Å². The highest BCUT2D eigenvalue weighted by Gasteiger charge is 2.28. The molecule has 33 heavy (non-hydrogen) atoms. The van der Waals surface area contributed by atoms with E-state index in [1.807, 2.05) is 13.0 Å². The lowest BCUT2D eigenvalue weighted by Gasteiger charge is -2.13. The molecule has 0 atom stereocenters. The summed E-state index contributed by atoms with van der Waals surface area (Å²) in [5.74, 6) is -1.22. The van der Waals surface area contributed by atoms with Gasteiger partial charge in [-0.25, -0.2) is 9.50 Å². The first-order chi connectivity index (χ1) is 15.5. The third-order valence-electron chi connectivity index (χ3n) is 5.15. The summed E-state index contributed by atoms with van der Waals surface area (Å²) in [4.78, 5) is 29.0. The van der Waals surface area contributed by atoms with Gasteiger partial charge in [-0.05, 0) is 50.5 Å². The third kappa shape index (κ3) is 5.46. The van der Waals surface area contributed by atoms with Crippen molar-refractivity contribution < 1.29 is 22.8 Å². The summed E-state index contributed by atoms with van der Waals surface area (Å²) in [5.41, 5.74) is 4.10.